The molecule has 36 heavy (non-hydrogen) atoms. The first-order chi connectivity index (χ1) is 17.6. The zero-order valence-electron chi connectivity index (χ0n) is 19.3. The Hall–Kier alpha value is -4.38. The van der Waals surface area contributed by atoms with E-state index in [0.717, 1.165) is 16.9 Å². The minimum absolute atomic E-state index is 0.0804. The molecular formula is C25H22FN7O2S. The molecule has 0 unspecified atom stereocenters. The lowest BCUT2D eigenvalue weighted by atomic mass is 10.2. The number of benzene rings is 1. The summed E-state index contributed by atoms with van der Waals surface area (Å²) in [6.07, 6.45) is 6.85. The molecule has 0 aliphatic rings. The van der Waals surface area contributed by atoms with Crippen molar-refractivity contribution in [2.45, 2.75) is 13.1 Å². The number of halogens is 1. The van der Waals surface area contributed by atoms with Gasteiger partial charge in [0.15, 0.2) is 0 Å². The van der Waals surface area contributed by atoms with Gasteiger partial charge in [0.25, 0.3) is 5.91 Å². The molecule has 0 saturated heterocycles. The van der Waals surface area contributed by atoms with E-state index in [1.165, 1.54) is 16.0 Å². The lowest BCUT2D eigenvalue weighted by Gasteiger charge is -2.03. The number of thiazole rings is 1. The van der Waals surface area contributed by atoms with Gasteiger partial charge in [-0.2, -0.15) is 10.2 Å². The molecule has 5 aromatic rings. The Morgan fingerprint density at radius 2 is 2.00 bits per heavy atom. The van der Waals surface area contributed by atoms with Gasteiger partial charge in [-0.05, 0) is 29.8 Å². The predicted octanol–water partition coefficient (Wildman–Crippen LogP) is 4.54. The van der Waals surface area contributed by atoms with Crippen LogP contribution in [0.15, 0.2) is 72.6 Å². The van der Waals surface area contributed by atoms with Crippen LogP contribution in [0.3, 0.4) is 0 Å². The van der Waals surface area contributed by atoms with Gasteiger partial charge in [-0.15, -0.1) is 11.3 Å². The number of anilines is 1. The van der Waals surface area contributed by atoms with Crippen LogP contribution in [-0.2, 0) is 13.1 Å². The van der Waals surface area contributed by atoms with Crippen LogP contribution in [0.1, 0.15) is 16.1 Å². The standard InChI is InChI=1S/C25H22FN7O2S/c1-35-19-7-5-17(6-8-19)13-33-14-18(12-28-33)25-30-22(16-36-25)24(34)29-21-15-32(11-9-26)31-23(21)20-4-2-3-10-27-20/h2-8,10,12,14-16H,9,11,13H2,1H3,(H,29,34). The number of ether oxygens (including phenoxy) is 1. The van der Waals surface area contributed by atoms with Crippen LogP contribution in [0.5, 0.6) is 5.75 Å². The zero-order valence-corrected chi connectivity index (χ0v) is 20.2. The largest absolute Gasteiger partial charge is 0.497 e. The molecule has 0 spiro atoms. The quantitative estimate of drug-likeness (QED) is 0.317. The number of carbonyl (C=O) groups is 1. The van der Waals surface area contributed by atoms with E-state index in [1.807, 2.05) is 41.2 Å². The highest BCUT2D eigenvalue weighted by molar-refractivity contribution is 7.13. The third-order valence-corrected chi connectivity index (χ3v) is 6.24. The lowest BCUT2D eigenvalue weighted by molar-refractivity contribution is 0.102. The fourth-order valence-corrected chi connectivity index (χ4v) is 4.36. The lowest BCUT2D eigenvalue weighted by Crippen LogP contribution is -2.12. The minimum Gasteiger partial charge on any atom is -0.497 e. The molecule has 1 aromatic carbocycles. The highest BCUT2D eigenvalue weighted by atomic mass is 32.1. The van der Waals surface area contributed by atoms with Gasteiger partial charge in [0.2, 0.25) is 0 Å². The number of hydrogen-bond donors (Lipinski definition) is 1. The molecule has 0 bridgehead atoms. The number of rotatable bonds is 9. The number of alkyl halides is 1. The Bertz CT molecular complexity index is 1460. The molecule has 9 nitrogen and oxygen atoms in total. The van der Waals surface area contributed by atoms with Crippen molar-refractivity contribution in [3.63, 3.8) is 0 Å². The van der Waals surface area contributed by atoms with Crippen molar-refractivity contribution < 1.29 is 13.9 Å². The van der Waals surface area contributed by atoms with E-state index in [-0.39, 0.29) is 18.1 Å². The van der Waals surface area contributed by atoms with Crippen molar-refractivity contribution in [3.05, 3.63) is 83.9 Å². The average Bonchev–Trinajstić information content (AvgIpc) is 3.65. The monoisotopic (exact) mass is 503 g/mol. The Balaban J connectivity index is 1.31. The Kier molecular flexibility index (Phi) is 6.80. The molecule has 0 aliphatic carbocycles. The van der Waals surface area contributed by atoms with Gasteiger partial charge < -0.3 is 10.1 Å². The van der Waals surface area contributed by atoms with E-state index in [4.69, 9.17) is 4.74 Å². The molecule has 0 atom stereocenters. The molecule has 11 heteroatoms. The highest BCUT2D eigenvalue weighted by Gasteiger charge is 2.18. The van der Waals surface area contributed by atoms with E-state index in [2.05, 4.69) is 25.5 Å². The van der Waals surface area contributed by atoms with E-state index in [1.54, 1.807) is 43.2 Å². The summed E-state index contributed by atoms with van der Waals surface area (Å²) >= 11 is 1.36. The summed E-state index contributed by atoms with van der Waals surface area (Å²) in [6, 6.07) is 13.2. The Labute approximate surface area is 210 Å². The molecule has 4 heterocycles. The van der Waals surface area contributed by atoms with E-state index in [9.17, 15) is 9.18 Å². The summed E-state index contributed by atoms with van der Waals surface area (Å²) < 4.78 is 21.3. The Morgan fingerprint density at radius 3 is 2.75 bits per heavy atom. The number of carbonyl (C=O) groups excluding carboxylic acids is 1. The number of pyridine rings is 1. The summed E-state index contributed by atoms with van der Waals surface area (Å²) in [6.45, 7) is 0.108. The van der Waals surface area contributed by atoms with Crippen LogP contribution in [0.4, 0.5) is 10.1 Å². The van der Waals surface area contributed by atoms with Gasteiger partial charge in [0.1, 0.15) is 28.8 Å². The fourth-order valence-electron chi connectivity index (χ4n) is 3.58. The van der Waals surface area contributed by atoms with Crippen molar-refractivity contribution in [2.24, 2.45) is 0 Å². The third-order valence-electron chi connectivity index (χ3n) is 5.35. The molecule has 5 rings (SSSR count). The van der Waals surface area contributed by atoms with Crippen LogP contribution in [0, 0.1) is 0 Å². The summed E-state index contributed by atoms with van der Waals surface area (Å²) in [7, 11) is 1.64. The first kappa shape index (κ1) is 23.4. The minimum atomic E-state index is -0.571. The van der Waals surface area contributed by atoms with Crippen LogP contribution in [0.25, 0.3) is 22.0 Å². The maximum atomic E-state index is 13.0. The molecule has 0 aliphatic heterocycles. The van der Waals surface area contributed by atoms with Crippen molar-refractivity contribution >= 4 is 22.9 Å². The third kappa shape index (κ3) is 5.15. The molecule has 0 fully saturated rings. The number of methoxy groups -OCH3 is 1. The van der Waals surface area contributed by atoms with E-state index >= 15 is 0 Å². The number of aryl methyl sites for hydroxylation is 1. The fraction of sp³-hybridized carbons (Fsp3) is 0.160. The summed E-state index contributed by atoms with van der Waals surface area (Å²) in [4.78, 5) is 21.8. The smallest absolute Gasteiger partial charge is 0.275 e. The van der Waals surface area contributed by atoms with Crippen molar-refractivity contribution in [1.29, 1.82) is 0 Å². The first-order valence-corrected chi connectivity index (χ1v) is 12.0. The second-order valence-corrected chi connectivity index (χ2v) is 8.68. The van der Waals surface area contributed by atoms with E-state index < -0.39 is 6.67 Å². The summed E-state index contributed by atoms with van der Waals surface area (Å²) in [5, 5.41) is 14.0. The Morgan fingerprint density at radius 1 is 1.14 bits per heavy atom. The number of nitrogens with one attached hydrogen (secondary N) is 1. The number of aromatic nitrogens is 6. The van der Waals surface area contributed by atoms with Crippen molar-refractivity contribution in [1.82, 2.24) is 29.5 Å². The summed E-state index contributed by atoms with van der Waals surface area (Å²) in [5.41, 5.74) is 3.65. The van der Waals surface area contributed by atoms with Crippen molar-refractivity contribution in [2.75, 3.05) is 19.1 Å². The normalized spacial score (nSPS) is 10.9. The highest BCUT2D eigenvalue weighted by Crippen LogP contribution is 2.27. The second kappa shape index (κ2) is 10.5. The molecular weight excluding hydrogens is 481 g/mol. The van der Waals surface area contributed by atoms with Crippen LogP contribution < -0.4 is 10.1 Å². The first-order valence-electron chi connectivity index (χ1n) is 11.1. The molecule has 4 aromatic heterocycles. The van der Waals surface area contributed by atoms with Gasteiger partial charge in [0, 0.05) is 29.5 Å². The zero-order chi connectivity index (χ0) is 24.9. The molecule has 1 amide bonds. The van der Waals surface area contributed by atoms with Gasteiger partial charge >= 0.3 is 0 Å². The average molecular weight is 504 g/mol. The summed E-state index contributed by atoms with van der Waals surface area (Å²) in [5.74, 6) is 0.413. The molecule has 182 valence electrons. The molecule has 0 saturated carbocycles. The number of amides is 1. The van der Waals surface area contributed by atoms with Crippen LogP contribution >= 0.6 is 11.3 Å². The topological polar surface area (TPSA) is 99.8 Å². The van der Waals surface area contributed by atoms with Gasteiger partial charge in [0.05, 0.1) is 37.8 Å². The van der Waals surface area contributed by atoms with Gasteiger partial charge in [-0.25, -0.2) is 9.37 Å². The van der Waals surface area contributed by atoms with Crippen LogP contribution in [-0.4, -0.2) is 49.2 Å². The van der Waals surface area contributed by atoms with Gasteiger partial charge in [-0.1, -0.05) is 18.2 Å². The molecule has 1 N–H and O–H groups in total. The molecule has 0 radical (unpaired) electrons. The van der Waals surface area contributed by atoms with Crippen LogP contribution in [0.2, 0.25) is 0 Å². The maximum Gasteiger partial charge on any atom is 0.275 e. The van der Waals surface area contributed by atoms with E-state index in [0.29, 0.717) is 28.6 Å². The van der Waals surface area contributed by atoms with Gasteiger partial charge in [-0.3, -0.25) is 19.1 Å². The second-order valence-electron chi connectivity index (χ2n) is 7.83. The maximum absolute atomic E-state index is 13.0. The SMILES string of the molecule is COc1ccc(Cn2cc(-c3nc(C(=O)Nc4cn(CCF)nc4-c4ccccn4)cs3)cn2)cc1. The number of nitrogens with zero attached hydrogens (tertiary/aromatic N) is 6. The predicted molar refractivity (Wildman–Crippen MR) is 135 cm³/mol. The number of hydrogen-bond acceptors (Lipinski definition) is 7. The van der Waals surface area contributed by atoms with Crippen molar-refractivity contribution in [3.8, 4) is 27.7 Å².